The average molecular weight is 297 g/mol. The van der Waals surface area contributed by atoms with Crippen molar-refractivity contribution >= 4 is 12.0 Å². The Kier molecular flexibility index (Phi) is 5.45. The molecule has 0 radical (unpaired) electrons. The monoisotopic (exact) mass is 297 g/mol. The lowest BCUT2D eigenvalue weighted by Gasteiger charge is -2.28. The summed E-state index contributed by atoms with van der Waals surface area (Å²) >= 11 is 0. The highest BCUT2D eigenvalue weighted by Crippen LogP contribution is 2.25. The van der Waals surface area contributed by atoms with Crippen molar-refractivity contribution < 1.29 is 14.7 Å². The van der Waals surface area contributed by atoms with Crippen molar-refractivity contribution in [1.29, 1.82) is 0 Å². The van der Waals surface area contributed by atoms with E-state index in [4.69, 9.17) is 5.11 Å². The maximum Gasteiger partial charge on any atom is 0.317 e. The van der Waals surface area contributed by atoms with Crippen molar-refractivity contribution in [2.24, 2.45) is 5.92 Å². The molecule has 2 amide bonds. The van der Waals surface area contributed by atoms with Crippen LogP contribution in [0.25, 0.3) is 0 Å². The lowest BCUT2D eigenvalue weighted by atomic mass is 10.1. The molecule has 2 rings (SSSR count). The first-order chi connectivity index (χ1) is 10.0. The first-order valence-corrected chi connectivity index (χ1v) is 7.99. The fraction of sp³-hybridized carbons (Fsp3) is 0.867. The number of hydrogen-bond donors (Lipinski definition) is 2. The van der Waals surface area contributed by atoms with Gasteiger partial charge in [-0.2, -0.15) is 0 Å². The van der Waals surface area contributed by atoms with Crippen LogP contribution in [0.4, 0.5) is 4.79 Å². The summed E-state index contributed by atoms with van der Waals surface area (Å²) in [5, 5.41) is 12.0. The number of aliphatic carboxylic acids is 1. The van der Waals surface area contributed by atoms with Gasteiger partial charge < -0.3 is 15.3 Å². The van der Waals surface area contributed by atoms with E-state index in [0.29, 0.717) is 18.9 Å². The van der Waals surface area contributed by atoms with Crippen molar-refractivity contribution in [3.63, 3.8) is 0 Å². The van der Waals surface area contributed by atoms with Crippen LogP contribution in [0.3, 0.4) is 0 Å². The number of carbonyl (C=O) groups excluding carboxylic acids is 1. The first kappa shape index (κ1) is 16.1. The molecular formula is C15H27N3O3. The Morgan fingerprint density at radius 3 is 2.71 bits per heavy atom. The first-order valence-electron chi connectivity index (χ1n) is 7.99. The molecule has 1 saturated heterocycles. The van der Waals surface area contributed by atoms with Gasteiger partial charge in [0.2, 0.25) is 0 Å². The Morgan fingerprint density at radius 2 is 2.10 bits per heavy atom. The summed E-state index contributed by atoms with van der Waals surface area (Å²) in [6, 6.07) is 0.391. The van der Waals surface area contributed by atoms with E-state index in [0.717, 1.165) is 32.5 Å². The quantitative estimate of drug-likeness (QED) is 0.804. The molecular weight excluding hydrogens is 270 g/mol. The molecule has 6 heteroatoms. The zero-order valence-electron chi connectivity index (χ0n) is 13.0. The second-order valence-corrected chi connectivity index (χ2v) is 6.30. The number of carboxylic acids is 1. The van der Waals surface area contributed by atoms with E-state index < -0.39 is 5.97 Å². The van der Waals surface area contributed by atoms with Gasteiger partial charge in [-0.1, -0.05) is 6.92 Å². The maximum atomic E-state index is 12.2. The topological polar surface area (TPSA) is 72.9 Å². The van der Waals surface area contributed by atoms with Gasteiger partial charge in [0.25, 0.3) is 0 Å². The van der Waals surface area contributed by atoms with Crippen molar-refractivity contribution in [1.82, 2.24) is 15.1 Å². The van der Waals surface area contributed by atoms with Crippen molar-refractivity contribution in [3.05, 3.63) is 0 Å². The Hall–Kier alpha value is -1.30. The number of nitrogens with one attached hydrogen (secondary N) is 1. The third kappa shape index (κ3) is 4.09. The van der Waals surface area contributed by atoms with Crippen LogP contribution in [0.15, 0.2) is 0 Å². The second-order valence-electron chi connectivity index (χ2n) is 6.30. The molecule has 0 aromatic carbocycles. The minimum absolute atomic E-state index is 0.00639. The Morgan fingerprint density at radius 1 is 1.33 bits per heavy atom. The van der Waals surface area contributed by atoms with Gasteiger partial charge in [0.15, 0.2) is 0 Å². The van der Waals surface area contributed by atoms with Crippen LogP contribution in [0, 0.1) is 5.92 Å². The van der Waals surface area contributed by atoms with Crippen molar-refractivity contribution in [2.75, 3.05) is 26.7 Å². The van der Waals surface area contributed by atoms with E-state index in [1.165, 1.54) is 6.42 Å². The zero-order valence-corrected chi connectivity index (χ0v) is 13.0. The number of nitrogens with zero attached hydrogens (tertiary/aromatic N) is 2. The van der Waals surface area contributed by atoms with Crippen molar-refractivity contribution in [3.8, 4) is 0 Å². The molecule has 2 aliphatic rings. The number of likely N-dealkylation sites (tertiary alicyclic amines) is 1. The van der Waals surface area contributed by atoms with Crippen molar-refractivity contribution in [2.45, 2.75) is 51.1 Å². The lowest BCUT2D eigenvalue weighted by molar-refractivity contribution is -0.141. The summed E-state index contributed by atoms with van der Waals surface area (Å²) in [6.07, 6.45) is 4.34. The average Bonchev–Trinajstić information content (AvgIpc) is 3.07. The molecule has 1 aliphatic carbocycles. The Labute approximate surface area is 126 Å². The third-order valence-electron chi connectivity index (χ3n) is 4.85. The van der Waals surface area contributed by atoms with Gasteiger partial charge in [-0.3, -0.25) is 9.69 Å². The predicted octanol–water partition coefficient (Wildman–Crippen LogP) is 1.37. The minimum atomic E-state index is -0.746. The minimum Gasteiger partial charge on any atom is -0.481 e. The number of hydrogen-bond acceptors (Lipinski definition) is 3. The highest BCUT2D eigenvalue weighted by molar-refractivity contribution is 5.75. The Bertz CT molecular complexity index is 388. The van der Waals surface area contributed by atoms with Gasteiger partial charge in [0.1, 0.15) is 0 Å². The largest absolute Gasteiger partial charge is 0.481 e. The van der Waals surface area contributed by atoms with E-state index >= 15 is 0 Å². The van der Waals surface area contributed by atoms with Crippen LogP contribution >= 0.6 is 0 Å². The molecule has 21 heavy (non-hydrogen) atoms. The zero-order chi connectivity index (χ0) is 15.4. The number of likely N-dealkylation sites (N-methyl/N-ethyl adjacent to an activating group) is 2. The van der Waals surface area contributed by atoms with Gasteiger partial charge in [-0.05, 0) is 45.2 Å². The standard InChI is InChI=1S/C15H27N3O3/c1-3-18-8-4-5-13(18)10-17(2)15(21)16-12-7-6-11(9-12)14(19)20/h11-13H,3-10H2,1-2H3,(H,16,21)(H,19,20)/t11-,12+,13?/m1/s1. The SMILES string of the molecule is CCN1CCCC1CN(C)C(=O)N[C@H]1CC[C@@H](C(=O)O)C1. The molecule has 0 aromatic heterocycles. The molecule has 6 nitrogen and oxygen atoms in total. The van der Waals surface area contributed by atoms with Crippen LogP contribution in [0.2, 0.25) is 0 Å². The molecule has 2 fully saturated rings. The number of amides is 2. The van der Waals surface area contributed by atoms with Crippen LogP contribution in [-0.2, 0) is 4.79 Å². The van der Waals surface area contributed by atoms with Crippen LogP contribution < -0.4 is 5.32 Å². The number of carboxylic acid groups (broad SMARTS) is 1. The predicted molar refractivity (Wildman–Crippen MR) is 80.2 cm³/mol. The molecule has 0 aromatic rings. The normalized spacial score (nSPS) is 29.5. The highest BCUT2D eigenvalue weighted by atomic mass is 16.4. The second kappa shape index (κ2) is 7.11. The fourth-order valence-corrected chi connectivity index (χ4v) is 3.54. The van der Waals surface area contributed by atoms with E-state index in [9.17, 15) is 9.59 Å². The Balaban J connectivity index is 1.76. The smallest absolute Gasteiger partial charge is 0.317 e. The van der Waals surface area contributed by atoms with Crippen LogP contribution in [0.5, 0.6) is 0 Å². The molecule has 1 saturated carbocycles. The van der Waals surface area contributed by atoms with Crippen LogP contribution in [-0.4, -0.2) is 65.7 Å². The lowest BCUT2D eigenvalue weighted by Crippen LogP contribution is -2.47. The molecule has 1 aliphatic heterocycles. The number of carbonyl (C=O) groups is 2. The molecule has 0 spiro atoms. The number of urea groups is 1. The fourth-order valence-electron chi connectivity index (χ4n) is 3.54. The van der Waals surface area contributed by atoms with E-state index in [1.54, 1.807) is 4.90 Å². The summed E-state index contributed by atoms with van der Waals surface area (Å²) in [5.41, 5.74) is 0. The molecule has 120 valence electrons. The van der Waals surface area contributed by atoms with Gasteiger partial charge >= 0.3 is 12.0 Å². The summed E-state index contributed by atoms with van der Waals surface area (Å²) in [6.45, 7) is 5.06. The van der Waals surface area contributed by atoms with Gasteiger partial charge in [0, 0.05) is 25.7 Å². The maximum absolute atomic E-state index is 12.2. The van der Waals surface area contributed by atoms with Gasteiger partial charge in [0.05, 0.1) is 5.92 Å². The van der Waals surface area contributed by atoms with Gasteiger partial charge in [-0.25, -0.2) is 4.79 Å². The van der Waals surface area contributed by atoms with Crippen LogP contribution in [0.1, 0.15) is 39.0 Å². The molecule has 2 N–H and O–H groups in total. The number of rotatable bonds is 5. The summed E-state index contributed by atoms with van der Waals surface area (Å²) in [7, 11) is 1.82. The van der Waals surface area contributed by atoms with E-state index in [1.807, 2.05) is 7.05 Å². The molecule has 0 bridgehead atoms. The molecule has 3 atom stereocenters. The third-order valence-corrected chi connectivity index (χ3v) is 4.85. The summed E-state index contributed by atoms with van der Waals surface area (Å²) < 4.78 is 0. The highest BCUT2D eigenvalue weighted by Gasteiger charge is 2.32. The molecule has 1 unspecified atom stereocenters. The van der Waals surface area contributed by atoms with E-state index in [-0.39, 0.29) is 18.0 Å². The molecule has 1 heterocycles. The summed E-state index contributed by atoms with van der Waals surface area (Å²) in [4.78, 5) is 27.3. The summed E-state index contributed by atoms with van der Waals surface area (Å²) in [5.74, 6) is -1.05. The van der Waals surface area contributed by atoms with Gasteiger partial charge in [-0.15, -0.1) is 0 Å². The van der Waals surface area contributed by atoms with E-state index in [2.05, 4.69) is 17.1 Å².